The summed E-state index contributed by atoms with van der Waals surface area (Å²) in [4.78, 5) is 10.9. The normalized spacial score (nSPS) is 10.3. The molecular formula is C11H12BrFO. The fraction of sp³-hybridized carbons (Fsp3) is 0.364. The van der Waals surface area contributed by atoms with E-state index in [4.69, 9.17) is 0 Å². The largest absolute Gasteiger partial charge is 0.300 e. The predicted octanol–water partition coefficient (Wildman–Crippen LogP) is 3.28. The Balaban J connectivity index is 3.09. The second kappa shape index (κ2) is 4.69. The Morgan fingerprint density at radius 1 is 1.50 bits per heavy atom. The van der Waals surface area contributed by atoms with Crippen molar-refractivity contribution in [2.24, 2.45) is 0 Å². The number of Topliss-reactive ketones (excluding diaryl/α,β-unsaturated/α-hetero) is 1. The van der Waals surface area contributed by atoms with E-state index in [1.54, 1.807) is 12.1 Å². The maximum absolute atomic E-state index is 13.4. The molecule has 1 aromatic rings. The minimum atomic E-state index is -0.222. The zero-order valence-corrected chi connectivity index (χ0v) is 9.82. The summed E-state index contributed by atoms with van der Waals surface area (Å²) in [6.07, 6.45) is 1.00. The van der Waals surface area contributed by atoms with Crippen LogP contribution in [0.2, 0.25) is 0 Å². The summed E-state index contributed by atoms with van der Waals surface area (Å²) in [6, 6.07) is 3.41. The highest BCUT2D eigenvalue weighted by Gasteiger charge is 2.08. The van der Waals surface area contributed by atoms with E-state index in [0.717, 1.165) is 5.56 Å². The molecule has 0 spiro atoms. The fourth-order valence-corrected chi connectivity index (χ4v) is 1.90. The Morgan fingerprint density at radius 3 is 2.64 bits per heavy atom. The number of carbonyl (C=O) groups is 1. The summed E-state index contributed by atoms with van der Waals surface area (Å²) in [5.74, 6) is -0.134. The third-order valence-corrected chi connectivity index (χ3v) is 2.57. The van der Waals surface area contributed by atoms with Crippen LogP contribution in [0.3, 0.4) is 0 Å². The van der Waals surface area contributed by atoms with Crippen LogP contribution in [0.5, 0.6) is 0 Å². The molecule has 14 heavy (non-hydrogen) atoms. The van der Waals surface area contributed by atoms with E-state index in [9.17, 15) is 9.18 Å². The second-order valence-electron chi connectivity index (χ2n) is 3.28. The smallest absolute Gasteiger partial charge is 0.140 e. The van der Waals surface area contributed by atoms with Gasteiger partial charge in [0.05, 0.1) is 4.47 Å². The molecule has 0 aliphatic heterocycles. The van der Waals surface area contributed by atoms with Crippen molar-refractivity contribution in [2.75, 3.05) is 0 Å². The number of carbonyl (C=O) groups excluding carboxylic acids is 1. The Bertz CT molecular complexity index is 361. The first-order chi connectivity index (χ1) is 6.54. The van der Waals surface area contributed by atoms with Gasteiger partial charge in [-0.2, -0.15) is 0 Å². The van der Waals surface area contributed by atoms with Gasteiger partial charge in [-0.15, -0.1) is 0 Å². The Labute approximate surface area is 91.5 Å². The van der Waals surface area contributed by atoms with Crippen molar-refractivity contribution in [1.29, 1.82) is 0 Å². The van der Waals surface area contributed by atoms with Gasteiger partial charge in [0.15, 0.2) is 0 Å². The van der Waals surface area contributed by atoms with Gasteiger partial charge in [0.25, 0.3) is 0 Å². The SMILES string of the molecule is CCc1cc(CC(C)=O)cc(Br)c1F. The molecule has 0 aromatic heterocycles. The summed E-state index contributed by atoms with van der Waals surface area (Å²) in [7, 11) is 0. The minimum Gasteiger partial charge on any atom is -0.300 e. The maximum Gasteiger partial charge on any atom is 0.140 e. The topological polar surface area (TPSA) is 17.1 Å². The van der Waals surface area contributed by atoms with Gasteiger partial charge in [-0.3, -0.25) is 4.79 Å². The number of ketones is 1. The van der Waals surface area contributed by atoms with E-state index < -0.39 is 0 Å². The van der Waals surface area contributed by atoms with E-state index in [1.807, 2.05) is 6.92 Å². The van der Waals surface area contributed by atoms with Crippen LogP contribution in [0, 0.1) is 5.82 Å². The molecule has 1 aromatic carbocycles. The van der Waals surface area contributed by atoms with E-state index in [-0.39, 0.29) is 11.6 Å². The van der Waals surface area contributed by atoms with Crippen molar-refractivity contribution < 1.29 is 9.18 Å². The lowest BCUT2D eigenvalue weighted by atomic mass is 10.0. The molecule has 1 nitrogen and oxygen atoms in total. The average Bonchev–Trinajstić information content (AvgIpc) is 2.10. The van der Waals surface area contributed by atoms with Crippen LogP contribution >= 0.6 is 15.9 Å². The lowest BCUT2D eigenvalue weighted by Gasteiger charge is -2.05. The summed E-state index contributed by atoms with van der Waals surface area (Å²) in [6.45, 7) is 3.42. The first-order valence-electron chi connectivity index (χ1n) is 4.50. The molecule has 1 rings (SSSR count). The van der Waals surface area contributed by atoms with Gasteiger partial charge in [-0.1, -0.05) is 13.0 Å². The standard InChI is InChI=1S/C11H12BrFO/c1-3-9-5-8(4-7(2)14)6-10(12)11(9)13/h5-6H,3-4H2,1-2H3. The van der Waals surface area contributed by atoms with Gasteiger partial charge >= 0.3 is 0 Å². The molecule has 0 aliphatic carbocycles. The quantitative estimate of drug-likeness (QED) is 0.814. The fourth-order valence-electron chi connectivity index (χ4n) is 1.36. The average molecular weight is 259 g/mol. The van der Waals surface area contributed by atoms with E-state index in [1.165, 1.54) is 6.92 Å². The van der Waals surface area contributed by atoms with Gasteiger partial charge in [0.2, 0.25) is 0 Å². The molecule has 0 N–H and O–H groups in total. The van der Waals surface area contributed by atoms with Crippen molar-refractivity contribution in [3.05, 3.63) is 33.5 Å². The van der Waals surface area contributed by atoms with Gasteiger partial charge in [0, 0.05) is 6.42 Å². The van der Waals surface area contributed by atoms with Gasteiger partial charge in [0.1, 0.15) is 11.6 Å². The first kappa shape index (κ1) is 11.4. The van der Waals surface area contributed by atoms with Crippen molar-refractivity contribution in [3.63, 3.8) is 0 Å². The molecule has 0 saturated carbocycles. The maximum atomic E-state index is 13.4. The van der Waals surface area contributed by atoms with E-state index in [2.05, 4.69) is 15.9 Å². The number of hydrogen-bond acceptors (Lipinski definition) is 1. The number of hydrogen-bond donors (Lipinski definition) is 0. The molecule has 0 radical (unpaired) electrons. The summed E-state index contributed by atoms with van der Waals surface area (Å²) >= 11 is 3.14. The summed E-state index contributed by atoms with van der Waals surface area (Å²) < 4.78 is 13.8. The van der Waals surface area contributed by atoms with Gasteiger partial charge in [-0.25, -0.2) is 4.39 Å². The molecule has 0 heterocycles. The van der Waals surface area contributed by atoms with Crippen molar-refractivity contribution >= 4 is 21.7 Å². The Hall–Kier alpha value is -0.700. The Kier molecular flexibility index (Phi) is 3.81. The molecule has 0 unspecified atom stereocenters. The van der Waals surface area contributed by atoms with Gasteiger partial charge < -0.3 is 0 Å². The predicted molar refractivity (Wildman–Crippen MR) is 57.9 cm³/mol. The lowest BCUT2D eigenvalue weighted by Crippen LogP contribution is -1.99. The Morgan fingerprint density at radius 2 is 2.14 bits per heavy atom. The number of aryl methyl sites for hydroxylation is 1. The van der Waals surface area contributed by atoms with Crippen LogP contribution in [-0.4, -0.2) is 5.78 Å². The monoisotopic (exact) mass is 258 g/mol. The summed E-state index contributed by atoms with van der Waals surface area (Å²) in [5.41, 5.74) is 1.51. The van der Waals surface area contributed by atoms with Crippen LogP contribution in [0.4, 0.5) is 4.39 Å². The van der Waals surface area contributed by atoms with Gasteiger partial charge in [-0.05, 0) is 46.5 Å². The molecule has 0 aliphatic rings. The third kappa shape index (κ3) is 2.64. The first-order valence-corrected chi connectivity index (χ1v) is 5.30. The van der Waals surface area contributed by atoms with Crippen molar-refractivity contribution in [1.82, 2.24) is 0 Å². The zero-order valence-electron chi connectivity index (χ0n) is 8.23. The number of rotatable bonds is 3. The highest BCUT2D eigenvalue weighted by Crippen LogP contribution is 2.22. The molecule has 0 bridgehead atoms. The number of halogens is 2. The molecular weight excluding hydrogens is 247 g/mol. The van der Waals surface area contributed by atoms with E-state index >= 15 is 0 Å². The minimum absolute atomic E-state index is 0.0885. The van der Waals surface area contributed by atoms with Crippen LogP contribution < -0.4 is 0 Å². The third-order valence-electron chi connectivity index (χ3n) is 2.00. The molecule has 0 amide bonds. The lowest BCUT2D eigenvalue weighted by molar-refractivity contribution is -0.116. The van der Waals surface area contributed by atoms with Crippen molar-refractivity contribution in [2.45, 2.75) is 26.7 Å². The molecule has 3 heteroatoms. The summed E-state index contributed by atoms with van der Waals surface area (Å²) in [5, 5.41) is 0. The number of benzene rings is 1. The van der Waals surface area contributed by atoms with Crippen LogP contribution in [0.15, 0.2) is 16.6 Å². The van der Waals surface area contributed by atoms with Crippen LogP contribution in [0.25, 0.3) is 0 Å². The zero-order chi connectivity index (χ0) is 10.7. The molecule has 0 fully saturated rings. The van der Waals surface area contributed by atoms with Crippen LogP contribution in [0.1, 0.15) is 25.0 Å². The highest BCUT2D eigenvalue weighted by molar-refractivity contribution is 9.10. The van der Waals surface area contributed by atoms with E-state index in [0.29, 0.717) is 22.9 Å². The molecule has 76 valence electrons. The van der Waals surface area contributed by atoms with Crippen molar-refractivity contribution in [3.8, 4) is 0 Å². The molecule has 0 atom stereocenters. The second-order valence-corrected chi connectivity index (χ2v) is 4.14. The molecule has 0 saturated heterocycles. The highest BCUT2D eigenvalue weighted by atomic mass is 79.9. The van der Waals surface area contributed by atoms with Crippen LogP contribution in [-0.2, 0) is 17.6 Å².